The van der Waals surface area contributed by atoms with Gasteiger partial charge in [0.05, 0.1) is 4.90 Å². The molecule has 2 aliphatic heterocycles. The lowest BCUT2D eigenvalue weighted by Crippen LogP contribution is -2.35. The first-order chi connectivity index (χ1) is 14.8. The summed E-state index contributed by atoms with van der Waals surface area (Å²) in [6.07, 6.45) is 2.40. The zero-order valence-corrected chi connectivity index (χ0v) is 18.5. The molecule has 4 rings (SSSR count). The van der Waals surface area contributed by atoms with Crippen LogP contribution in [0.1, 0.15) is 30.9 Å². The van der Waals surface area contributed by atoms with Crippen LogP contribution < -0.4 is 19.1 Å². The summed E-state index contributed by atoms with van der Waals surface area (Å²) in [4.78, 5) is 15.9. The highest BCUT2D eigenvalue weighted by Gasteiger charge is 2.24. The summed E-state index contributed by atoms with van der Waals surface area (Å²) < 4.78 is 39.3. The molecule has 166 valence electrons. The standard InChI is InChI=1S/C22H27N3O5S/c1-24(2)19(16-6-11-20-21(13-16)30-15-29-20)14-23-31(27,28)18-9-7-17(8-10-18)25-12-4-3-5-22(25)26/h6-11,13,19,23H,3-5,12,14-15H2,1-2H3/t19-/m0/s1. The first-order valence-electron chi connectivity index (χ1n) is 10.3. The Labute approximate surface area is 182 Å². The number of rotatable bonds is 7. The average Bonchev–Trinajstić information content (AvgIpc) is 3.22. The Balaban J connectivity index is 1.46. The molecule has 0 unspecified atom stereocenters. The van der Waals surface area contributed by atoms with E-state index in [1.54, 1.807) is 29.2 Å². The fourth-order valence-corrected chi connectivity index (χ4v) is 4.91. The number of nitrogens with one attached hydrogen (secondary N) is 1. The number of carbonyl (C=O) groups excluding carboxylic acids is 1. The summed E-state index contributed by atoms with van der Waals surface area (Å²) in [6.45, 7) is 1.06. The summed E-state index contributed by atoms with van der Waals surface area (Å²) in [5.41, 5.74) is 1.66. The third-order valence-electron chi connectivity index (χ3n) is 5.65. The van der Waals surface area contributed by atoms with Gasteiger partial charge in [0, 0.05) is 31.2 Å². The molecule has 0 spiro atoms. The first kappa shape index (κ1) is 21.6. The van der Waals surface area contributed by atoms with E-state index in [-0.39, 0.29) is 30.2 Å². The highest BCUT2D eigenvalue weighted by atomic mass is 32.2. The molecular weight excluding hydrogens is 418 g/mol. The predicted molar refractivity (Wildman–Crippen MR) is 117 cm³/mol. The lowest BCUT2D eigenvalue weighted by Gasteiger charge is -2.27. The number of ether oxygens (including phenoxy) is 2. The van der Waals surface area contributed by atoms with E-state index in [2.05, 4.69) is 4.72 Å². The van der Waals surface area contributed by atoms with Crippen LogP contribution in [0.25, 0.3) is 0 Å². The van der Waals surface area contributed by atoms with Crippen LogP contribution in [-0.2, 0) is 14.8 Å². The Morgan fingerprint density at radius 2 is 1.81 bits per heavy atom. The number of hydrogen-bond acceptors (Lipinski definition) is 6. The van der Waals surface area contributed by atoms with Gasteiger partial charge in [0.1, 0.15) is 0 Å². The van der Waals surface area contributed by atoms with Gasteiger partial charge >= 0.3 is 0 Å². The van der Waals surface area contributed by atoms with Crippen LogP contribution in [-0.4, -0.2) is 53.2 Å². The SMILES string of the molecule is CN(C)[C@@H](CNS(=O)(=O)c1ccc(N2CCCCC2=O)cc1)c1ccc2c(c1)OCO2. The van der Waals surface area contributed by atoms with Gasteiger partial charge in [0.25, 0.3) is 0 Å². The van der Waals surface area contributed by atoms with Crippen molar-refractivity contribution >= 4 is 21.6 Å². The number of sulfonamides is 1. The van der Waals surface area contributed by atoms with Gasteiger partial charge < -0.3 is 19.3 Å². The van der Waals surface area contributed by atoms with Crippen LogP contribution in [0.15, 0.2) is 47.4 Å². The molecule has 1 fully saturated rings. The second kappa shape index (κ2) is 8.86. The van der Waals surface area contributed by atoms with E-state index < -0.39 is 10.0 Å². The molecule has 0 saturated carbocycles. The van der Waals surface area contributed by atoms with Crippen LogP contribution in [0.2, 0.25) is 0 Å². The number of benzene rings is 2. The van der Waals surface area contributed by atoms with E-state index in [0.717, 1.165) is 24.1 Å². The molecule has 2 aromatic carbocycles. The third kappa shape index (κ3) is 4.68. The number of anilines is 1. The Morgan fingerprint density at radius 1 is 1.06 bits per heavy atom. The van der Waals surface area contributed by atoms with E-state index in [1.807, 2.05) is 37.2 Å². The van der Waals surface area contributed by atoms with Crippen molar-refractivity contribution in [3.05, 3.63) is 48.0 Å². The highest BCUT2D eigenvalue weighted by Crippen LogP contribution is 2.35. The molecule has 9 heteroatoms. The molecular formula is C22H27N3O5S. The first-order valence-corrected chi connectivity index (χ1v) is 11.8. The van der Waals surface area contributed by atoms with Crippen molar-refractivity contribution in [2.75, 3.05) is 38.9 Å². The fraction of sp³-hybridized carbons (Fsp3) is 0.409. The molecule has 0 bridgehead atoms. The molecule has 2 aliphatic rings. The normalized spacial score (nSPS) is 17.3. The van der Waals surface area contributed by atoms with E-state index in [1.165, 1.54) is 0 Å². The molecule has 1 N–H and O–H groups in total. The van der Waals surface area contributed by atoms with Crippen molar-refractivity contribution in [3.63, 3.8) is 0 Å². The number of nitrogens with zero attached hydrogens (tertiary/aromatic N) is 2. The van der Waals surface area contributed by atoms with Gasteiger partial charge in [-0.25, -0.2) is 13.1 Å². The summed E-state index contributed by atoms with van der Waals surface area (Å²) in [5.74, 6) is 1.43. The Morgan fingerprint density at radius 3 is 2.52 bits per heavy atom. The minimum absolute atomic E-state index is 0.0810. The summed E-state index contributed by atoms with van der Waals surface area (Å²) in [7, 11) is 0.0882. The molecule has 8 nitrogen and oxygen atoms in total. The number of fused-ring (bicyclic) bond motifs is 1. The minimum Gasteiger partial charge on any atom is -0.454 e. The lowest BCUT2D eigenvalue weighted by atomic mass is 10.1. The third-order valence-corrected chi connectivity index (χ3v) is 7.09. The second-order valence-corrected chi connectivity index (χ2v) is 9.71. The molecule has 2 aromatic rings. The molecule has 1 saturated heterocycles. The van der Waals surface area contributed by atoms with Crippen molar-refractivity contribution in [1.82, 2.24) is 9.62 Å². The number of likely N-dealkylation sites (N-methyl/N-ethyl adjacent to an activating group) is 1. The summed E-state index contributed by atoms with van der Waals surface area (Å²) in [6, 6.07) is 11.9. The maximum absolute atomic E-state index is 12.9. The summed E-state index contributed by atoms with van der Waals surface area (Å²) in [5, 5.41) is 0. The Hall–Kier alpha value is -2.62. The van der Waals surface area contributed by atoms with Crippen molar-refractivity contribution in [2.45, 2.75) is 30.2 Å². The van der Waals surface area contributed by atoms with E-state index >= 15 is 0 Å². The molecule has 0 aliphatic carbocycles. The van der Waals surface area contributed by atoms with E-state index in [0.29, 0.717) is 24.5 Å². The van der Waals surface area contributed by atoms with Crippen molar-refractivity contribution < 1.29 is 22.7 Å². The minimum atomic E-state index is -3.71. The van der Waals surface area contributed by atoms with Crippen molar-refractivity contribution in [1.29, 1.82) is 0 Å². The van der Waals surface area contributed by atoms with Gasteiger partial charge in [-0.05, 0) is 68.9 Å². The zero-order valence-electron chi connectivity index (χ0n) is 17.7. The van der Waals surface area contributed by atoms with Gasteiger partial charge in [-0.1, -0.05) is 6.07 Å². The molecule has 31 heavy (non-hydrogen) atoms. The second-order valence-electron chi connectivity index (χ2n) is 7.94. The molecule has 0 radical (unpaired) electrons. The molecule has 1 amide bonds. The van der Waals surface area contributed by atoms with Gasteiger partial charge in [-0.2, -0.15) is 0 Å². The topological polar surface area (TPSA) is 88.2 Å². The van der Waals surface area contributed by atoms with E-state index in [9.17, 15) is 13.2 Å². The van der Waals surface area contributed by atoms with E-state index in [4.69, 9.17) is 9.47 Å². The number of carbonyl (C=O) groups is 1. The van der Waals surface area contributed by atoms with Gasteiger partial charge in [-0.15, -0.1) is 0 Å². The Kier molecular flexibility index (Phi) is 6.17. The lowest BCUT2D eigenvalue weighted by molar-refractivity contribution is -0.119. The quantitative estimate of drug-likeness (QED) is 0.705. The van der Waals surface area contributed by atoms with Gasteiger partial charge in [0.15, 0.2) is 11.5 Å². The zero-order chi connectivity index (χ0) is 22.0. The summed E-state index contributed by atoms with van der Waals surface area (Å²) >= 11 is 0. The van der Waals surface area contributed by atoms with Crippen LogP contribution in [0.4, 0.5) is 5.69 Å². The fourth-order valence-electron chi connectivity index (χ4n) is 3.88. The largest absolute Gasteiger partial charge is 0.454 e. The van der Waals surface area contributed by atoms with Crippen molar-refractivity contribution in [3.8, 4) is 11.5 Å². The number of piperidine rings is 1. The highest BCUT2D eigenvalue weighted by molar-refractivity contribution is 7.89. The molecule has 2 heterocycles. The van der Waals surface area contributed by atoms with Crippen LogP contribution in [0.5, 0.6) is 11.5 Å². The monoisotopic (exact) mass is 445 g/mol. The molecule has 1 atom stereocenters. The van der Waals surface area contributed by atoms with Crippen LogP contribution in [0, 0.1) is 0 Å². The maximum atomic E-state index is 12.9. The Bertz CT molecular complexity index is 1050. The number of amides is 1. The number of hydrogen-bond donors (Lipinski definition) is 1. The van der Waals surface area contributed by atoms with Crippen LogP contribution >= 0.6 is 0 Å². The van der Waals surface area contributed by atoms with Gasteiger partial charge in [-0.3, -0.25) is 4.79 Å². The smallest absolute Gasteiger partial charge is 0.240 e. The maximum Gasteiger partial charge on any atom is 0.240 e. The van der Waals surface area contributed by atoms with Gasteiger partial charge in [0.2, 0.25) is 22.7 Å². The average molecular weight is 446 g/mol. The van der Waals surface area contributed by atoms with Crippen molar-refractivity contribution in [2.24, 2.45) is 0 Å². The predicted octanol–water partition coefficient (Wildman–Crippen LogP) is 2.51. The molecule has 0 aromatic heterocycles. The van der Waals surface area contributed by atoms with Crippen LogP contribution in [0.3, 0.4) is 0 Å².